The number of aromatic nitrogens is 1. The molecule has 4 heteroatoms. The van der Waals surface area contributed by atoms with Crippen LogP contribution in [0.5, 0.6) is 0 Å². The van der Waals surface area contributed by atoms with Gasteiger partial charge in [0.25, 0.3) is 0 Å². The van der Waals surface area contributed by atoms with Crippen LogP contribution in [0.15, 0.2) is 60.7 Å². The normalized spacial score (nSPS) is 14.7. The molecule has 0 aliphatic heterocycles. The number of nitrogens with two attached hydrogens (primary N) is 1. The molecule has 0 unspecified atom stereocenters. The van der Waals surface area contributed by atoms with Gasteiger partial charge in [0, 0.05) is 45.7 Å². The first-order chi connectivity index (χ1) is 15.6. The lowest BCUT2D eigenvalue weighted by Gasteiger charge is -2.25. The summed E-state index contributed by atoms with van der Waals surface area (Å²) in [6, 6.07) is 19.4. The molecule has 32 heavy (non-hydrogen) atoms. The van der Waals surface area contributed by atoms with E-state index in [0.717, 1.165) is 29.4 Å². The van der Waals surface area contributed by atoms with Crippen LogP contribution >= 0.6 is 0 Å². The first kappa shape index (κ1) is 20.5. The third kappa shape index (κ3) is 3.50. The molecule has 3 N–H and O–H groups in total. The van der Waals surface area contributed by atoms with Crippen LogP contribution in [0.1, 0.15) is 54.8 Å². The number of hydrogen-bond acceptors (Lipinski definition) is 2. The van der Waals surface area contributed by atoms with Gasteiger partial charge in [0.2, 0.25) is 0 Å². The van der Waals surface area contributed by atoms with Gasteiger partial charge in [0.1, 0.15) is 5.82 Å². The van der Waals surface area contributed by atoms with E-state index in [1.807, 2.05) is 24.3 Å². The van der Waals surface area contributed by atoms with E-state index in [4.69, 9.17) is 11.1 Å². The SMILES string of the molecule is Cc1ccc(-c2c(C3CCCCC3)n(-c3ccc(F)cc3)c3cc(C=N)c(N)cc23)cc1. The highest BCUT2D eigenvalue weighted by Crippen LogP contribution is 2.46. The zero-order chi connectivity index (χ0) is 22.2. The monoisotopic (exact) mass is 425 g/mol. The molecular formula is C28H28FN3. The zero-order valence-electron chi connectivity index (χ0n) is 18.4. The topological polar surface area (TPSA) is 54.8 Å². The third-order valence-corrected chi connectivity index (χ3v) is 6.78. The lowest BCUT2D eigenvalue weighted by molar-refractivity contribution is 0.434. The van der Waals surface area contributed by atoms with Gasteiger partial charge in [0.05, 0.1) is 5.52 Å². The van der Waals surface area contributed by atoms with E-state index < -0.39 is 0 Å². The second-order valence-electron chi connectivity index (χ2n) is 8.92. The molecule has 4 aromatic rings. The van der Waals surface area contributed by atoms with Crippen LogP contribution in [-0.2, 0) is 0 Å². The fraction of sp³-hybridized carbons (Fsp3) is 0.250. The number of nitrogen functional groups attached to an aromatic ring is 1. The predicted molar refractivity (Wildman–Crippen MR) is 132 cm³/mol. The van der Waals surface area contributed by atoms with Crippen LogP contribution in [0, 0.1) is 18.2 Å². The molecule has 3 nitrogen and oxygen atoms in total. The molecule has 1 aliphatic carbocycles. The summed E-state index contributed by atoms with van der Waals surface area (Å²) >= 11 is 0. The van der Waals surface area contributed by atoms with E-state index in [0.29, 0.717) is 17.2 Å². The number of aryl methyl sites for hydroxylation is 1. The third-order valence-electron chi connectivity index (χ3n) is 6.78. The summed E-state index contributed by atoms with van der Waals surface area (Å²) in [5.74, 6) is 0.176. The number of fused-ring (bicyclic) bond motifs is 1. The van der Waals surface area contributed by atoms with Crippen LogP contribution in [0.3, 0.4) is 0 Å². The average molecular weight is 426 g/mol. The molecule has 1 aromatic heterocycles. The smallest absolute Gasteiger partial charge is 0.123 e. The van der Waals surface area contributed by atoms with E-state index in [-0.39, 0.29) is 5.82 Å². The van der Waals surface area contributed by atoms with E-state index in [1.165, 1.54) is 60.0 Å². The lowest BCUT2D eigenvalue weighted by atomic mass is 9.83. The molecule has 5 rings (SSSR count). The van der Waals surface area contributed by atoms with Crippen LogP contribution in [0.2, 0.25) is 0 Å². The minimum Gasteiger partial charge on any atom is -0.398 e. The van der Waals surface area contributed by atoms with Crippen molar-refractivity contribution in [2.24, 2.45) is 0 Å². The lowest BCUT2D eigenvalue weighted by Crippen LogP contribution is -2.11. The zero-order valence-corrected chi connectivity index (χ0v) is 18.4. The summed E-state index contributed by atoms with van der Waals surface area (Å²) in [6.45, 7) is 2.10. The summed E-state index contributed by atoms with van der Waals surface area (Å²) in [5, 5.41) is 8.93. The molecule has 1 fully saturated rings. The molecule has 0 amide bonds. The van der Waals surface area contributed by atoms with Gasteiger partial charge in [-0.25, -0.2) is 4.39 Å². The quantitative estimate of drug-likeness (QED) is 0.260. The molecule has 0 bridgehead atoms. The molecular weight excluding hydrogens is 397 g/mol. The number of halogens is 1. The Kier molecular flexibility index (Phi) is 5.30. The minimum atomic E-state index is -0.243. The van der Waals surface area contributed by atoms with Crippen molar-refractivity contribution >= 4 is 22.8 Å². The predicted octanol–water partition coefficient (Wildman–Crippen LogP) is 7.37. The average Bonchev–Trinajstić information content (AvgIpc) is 3.14. The molecule has 0 saturated heterocycles. The maximum atomic E-state index is 13.8. The van der Waals surface area contributed by atoms with Crippen molar-refractivity contribution in [2.75, 3.05) is 5.73 Å². The molecule has 162 valence electrons. The highest BCUT2D eigenvalue weighted by Gasteiger charge is 2.28. The first-order valence-electron chi connectivity index (χ1n) is 11.4. The largest absolute Gasteiger partial charge is 0.398 e. The molecule has 1 aliphatic rings. The second kappa shape index (κ2) is 8.27. The Hall–Kier alpha value is -3.40. The highest BCUT2D eigenvalue weighted by molar-refractivity contribution is 6.04. The van der Waals surface area contributed by atoms with Crippen molar-refractivity contribution in [2.45, 2.75) is 44.9 Å². The van der Waals surface area contributed by atoms with Crippen LogP contribution in [0.25, 0.3) is 27.7 Å². The van der Waals surface area contributed by atoms with E-state index in [9.17, 15) is 4.39 Å². The molecule has 3 aromatic carbocycles. The van der Waals surface area contributed by atoms with Crippen molar-refractivity contribution in [3.05, 3.63) is 83.3 Å². The Morgan fingerprint density at radius 1 is 0.969 bits per heavy atom. The van der Waals surface area contributed by atoms with Crippen molar-refractivity contribution in [3.63, 3.8) is 0 Å². The van der Waals surface area contributed by atoms with Crippen molar-refractivity contribution in [1.29, 1.82) is 5.41 Å². The van der Waals surface area contributed by atoms with Gasteiger partial charge in [-0.3, -0.25) is 0 Å². The minimum absolute atomic E-state index is 0.243. The fourth-order valence-electron chi connectivity index (χ4n) is 5.17. The Bertz CT molecular complexity index is 1280. The van der Waals surface area contributed by atoms with Crippen molar-refractivity contribution in [3.8, 4) is 16.8 Å². The van der Waals surface area contributed by atoms with Crippen LogP contribution < -0.4 is 5.73 Å². The molecule has 0 spiro atoms. The second-order valence-corrected chi connectivity index (χ2v) is 8.92. The highest BCUT2D eigenvalue weighted by atomic mass is 19.1. The number of hydrogen-bond donors (Lipinski definition) is 2. The number of benzene rings is 3. The maximum absolute atomic E-state index is 13.8. The number of nitrogens with zero attached hydrogens (tertiary/aromatic N) is 1. The van der Waals surface area contributed by atoms with Gasteiger partial charge in [0.15, 0.2) is 0 Å². The van der Waals surface area contributed by atoms with Crippen molar-refractivity contribution in [1.82, 2.24) is 4.57 Å². The molecule has 1 heterocycles. The van der Waals surface area contributed by atoms with Gasteiger partial charge in [-0.15, -0.1) is 0 Å². The van der Waals surface area contributed by atoms with E-state index in [2.05, 4.69) is 35.8 Å². The van der Waals surface area contributed by atoms with Crippen LogP contribution in [-0.4, -0.2) is 10.8 Å². The number of nitrogens with one attached hydrogen (secondary N) is 1. The number of rotatable bonds is 4. The van der Waals surface area contributed by atoms with Gasteiger partial charge in [-0.05, 0) is 61.7 Å². The Labute approximate surface area is 188 Å². The Morgan fingerprint density at radius 2 is 1.66 bits per heavy atom. The Morgan fingerprint density at radius 3 is 2.31 bits per heavy atom. The number of anilines is 1. The van der Waals surface area contributed by atoms with Gasteiger partial charge in [-0.2, -0.15) is 0 Å². The van der Waals surface area contributed by atoms with Gasteiger partial charge in [-0.1, -0.05) is 49.1 Å². The van der Waals surface area contributed by atoms with Crippen LogP contribution in [0.4, 0.5) is 10.1 Å². The summed E-state index contributed by atoms with van der Waals surface area (Å²) < 4.78 is 16.1. The Balaban J connectivity index is 1.91. The summed E-state index contributed by atoms with van der Waals surface area (Å²) in [7, 11) is 0. The summed E-state index contributed by atoms with van der Waals surface area (Å²) in [5.41, 5.74) is 14.5. The van der Waals surface area contributed by atoms with E-state index in [1.54, 1.807) is 0 Å². The summed E-state index contributed by atoms with van der Waals surface area (Å²) in [6.07, 6.45) is 7.31. The summed E-state index contributed by atoms with van der Waals surface area (Å²) in [4.78, 5) is 0. The van der Waals surface area contributed by atoms with Gasteiger partial charge >= 0.3 is 0 Å². The fourth-order valence-corrected chi connectivity index (χ4v) is 5.17. The molecule has 1 saturated carbocycles. The van der Waals surface area contributed by atoms with Crippen molar-refractivity contribution < 1.29 is 4.39 Å². The maximum Gasteiger partial charge on any atom is 0.123 e. The van der Waals surface area contributed by atoms with Gasteiger partial charge < -0.3 is 15.7 Å². The van der Waals surface area contributed by atoms with E-state index >= 15 is 0 Å². The first-order valence-corrected chi connectivity index (χ1v) is 11.4. The molecule has 0 radical (unpaired) electrons. The standard InChI is InChI=1S/C28H28FN3/c1-18-7-9-19(10-8-18)27-24-16-25(31)21(17-30)15-26(24)32(23-13-11-22(29)12-14-23)28(27)20-5-3-2-4-6-20/h7-17,20,30H,2-6,31H2,1H3. The molecule has 0 atom stereocenters.